The first kappa shape index (κ1) is 18.8. The number of fused-ring (bicyclic) bond motifs is 5. The summed E-state index contributed by atoms with van der Waals surface area (Å²) in [4.78, 5) is 5.14. The molecule has 0 aliphatic carbocycles. The molecule has 0 amide bonds. The highest BCUT2D eigenvalue weighted by Crippen LogP contribution is 2.40. The molecule has 32 heavy (non-hydrogen) atoms. The number of para-hydroxylation sites is 1. The number of hydrogen-bond acceptors (Lipinski definition) is 1. The predicted octanol–water partition coefficient (Wildman–Crippen LogP) is 8.01. The second-order valence-electron chi connectivity index (χ2n) is 8.40. The van der Waals surface area contributed by atoms with E-state index in [0.717, 1.165) is 23.3 Å². The lowest BCUT2D eigenvalue weighted by Gasteiger charge is -2.13. The van der Waals surface area contributed by atoms with E-state index in [-0.39, 0.29) is 0 Å². The van der Waals surface area contributed by atoms with Crippen LogP contribution in [0.25, 0.3) is 55.1 Å². The Bertz CT molecular complexity index is 1590. The van der Waals surface area contributed by atoms with E-state index in [1.54, 1.807) is 0 Å². The maximum absolute atomic E-state index is 5.14. The van der Waals surface area contributed by atoms with Crippen molar-refractivity contribution >= 4 is 32.7 Å². The zero-order chi connectivity index (χ0) is 21.7. The smallest absolute Gasteiger partial charge is 0.0723 e. The van der Waals surface area contributed by atoms with Crippen molar-refractivity contribution < 1.29 is 0 Å². The summed E-state index contributed by atoms with van der Waals surface area (Å²) in [5.41, 5.74) is 9.44. The summed E-state index contributed by atoms with van der Waals surface area (Å²) in [6.07, 6.45) is 0. The average Bonchev–Trinajstić information content (AvgIpc) is 3.18. The van der Waals surface area contributed by atoms with Crippen molar-refractivity contribution in [1.29, 1.82) is 0 Å². The normalized spacial score (nSPS) is 11.6. The third-order valence-electron chi connectivity index (χ3n) is 6.46. The van der Waals surface area contributed by atoms with Crippen molar-refractivity contribution in [3.8, 4) is 22.4 Å². The van der Waals surface area contributed by atoms with Crippen molar-refractivity contribution in [3.05, 3.63) is 103 Å². The van der Waals surface area contributed by atoms with Gasteiger partial charge in [0.1, 0.15) is 0 Å². The minimum absolute atomic E-state index is 0.936. The third kappa shape index (κ3) is 2.84. The Morgan fingerprint density at radius 2 is 1.44 bits per heavy atom. The Hall–Kier alpha value is -3.91. The van der Waals surface area contributed by atoms with E-state index in [2.05, 4.69) is 115 Å². The Morgan fingerprint density at radius 1 is 0.688 bits per heavy atom. The maximum Gasteiger partial charge on any atom is 0.0723 e. The van der Waals surface area contributed by atoms with Crippen LogP contribution in [0, 0.1) is 6.92 Å². The molecule has 0 atom stereocenters. The number of nitrogens with zero attached hydrogens (tertiary/aromatic N) is 2. The number of benzene rings is 4. The zero-order valence-electron chi connectivity index (χ0n) is 18.3. The molecular weight excluding hydrogens is 388 g/mol. The number of aryl methyl sites for hydroxylation is 2. The van der Waals surface area contributed by atoms with E-state index < -0.39 is 0 Å². The Balaban J connectivity index is 1.79. The highest BCUT2D eigenvalue weighted by Gasteiger charge is 2.17. The van der Waals surface area contributed by atoms with Crippen LogP contribution in [0.2, 0.25) is 0 Å². The number of aromatic nitrogens is 2. The standard InChI is InChI=1S/C30H24N2/c1-3-32-27-12-8-7-11-23(27)30-28(32)18-17-25-29(30)24(21-9-5-4-6-10-21)19-26(31-25)22-15-13-20(2)14-16-22/h4-19H,3H2,1-2H3. The van der Waals surface area contributed by atoms with Gasteiger partial charge in [-0.1, -0.05) is 78.4 Å². The van der Waals surface area contributed by atoms with E-state index in [4.69, 9.17) is 4.98 Å². The minimum atomic E-state index is 0.936. The number of rotatable bonds is 3. The van der Waals surface area contributed by atoms with E-state index in [1.165, 1.54) is 43.9 Å². The fourth-order valence-electron chi connectivity index (χ4n) is 4.92. The fourth-order valence-corrected chi connectivity index (χ4v) is 4.92. The van der Waals surface area contributed by atoms with Crippen LogP contribution in [0.1, 0.15) is 12.5 Å². The SMILES string of the molecule is CCn1c2ccccc2c2c3c(-c4ccccc4)cc(-c4ccc(C)cc4)nc3ccc21. The van der Waals surface area contributed by atoms with Gasteiger partial charge >= 0.3 is 0 Å². The maximum atomic E-state index is 5.14. The van der Waals surface area contributed by atoms with E-state index in [0.29, 0.717) is 0 Å². The summed E-state index contributed by atoms with van der Waals surface area (Å²) in [5.74, 6) is 0. The molecule has 0 aliphatic heterocycles. The van der Waals surface area contributed by atoms with E-state index in [9.17, 15) is 0 Å². The molecule has 0 aliphatic rings. The quantitative estimate of drug-likeness (QED) is 0.288. The minimum Gasteiger partial charge on any atom is -0.341 e. The van der Waals surface area contributed by atoms with Gasteiger partial charge in [0, 0.05) is 39.3 Å². The highest BCUT2D eigenvalue weighted by molar-refractivity contribution is 6.24. The van der Waals surface area contributed by atoms with Gasteiger partial charge in [-0.15, -0.1) is 0 Å². The Labute approximate surface area is 187 Å². The second-order valence-corrected chi connectivity index (χ2v) is 8.40. The first-order valence-electron chi connectivity index (χ1n) is 11.2. The van der Waals surface area contributed by atoms with Crippen LogP contribution in [0.15, 0.2) is 97.1 Å². The van der Waals surface area contributed by atoms with Crippen molar-refractivity contribution in [2.24, 2.45) is 0 Å². The van der Waals surface area contributed by atoms with Gasteiger partial charge in [0.15, 0.2) is 0 Å². The molecule has 0 fully saturated rings. The van der Waals surface area contributed by atoms with Crippen LogP contribution in [-0.4, -0.2) is 9.55 Å². The van der Waals surface area contributed by atoms with Crippen LogP contribution >= 0.6 is 0 Å². The molecule has 0 bridgehead atoms. The fraction of sp³-hybridized carbons (Fsp3) is 0.100. The first-order valence-corrected chi connectivity index (χ1v) is 11.2. The Morgan fingerprint density at radius 3 is 2.22 bits per heavy atom. The molecule has 0 saturated heterocycles. The van der Waals surface area contributed by atoms with Gasteiger partial charge in [0.2, 0.25) is 0 Å². The molecular formula is C30H24N2. The molecule has 2 heterocycles. The monoisotopic (exact) mass is 412 g/mol. The molecule has 0 spiro atoms. The summed E-state index contributed by atoms with van der Waals surface area (Å²) in [6.45, 7) is 5.27. The van der Waals surface area contributed by atoms with Crippen molar-refractivity contribution in [2.45, 2.75) is 20.4 Å². The molecule has 0 unspecified atom stereocenters. The third-order valence-corrected chi connectivity index (χ3v) is 6.46. The van der Waals surface area contributed by atoms with E-state index >= 15 is 0 Å². The van der Waals surface area contributed by atoms with Gasteiger partial charge < -0.3 is 4.57 Å². The number of hydrogen-bond donors (Lipinski definition) is 0. The topological polar surface area (TPSA) is 17.8 Å². The van der Waals surface area contributed by atoms with Crippen molar-refractivity contribution in [2.75, 3.05) is 0 Å². The van der Waals surface area contributed by atoms with Gasteiger partial charge in [0.05, 0.1) is 11.2 Å². The first-order chi connectivity index (χ1) is 15.7. The van der Waals surface area contributed by atoms with Gasteiger partial charge in [-0.05, 0) is 49.2 Å². The molecule has 4 aromatic carbocycles. The lowest BCUT2D eigenvalue weighted by molar-refractivity contribution is 0.827. The largest absolute Gasteiger partial charge is 0.341 e. The van der Waals surface area contributed by atoms with Gasteiger partial charge in [-0.2, -0.15) is 0 Å². The second kappa shape index (κ2) is 7.35. The molecule has 0 radical (unpaired) electrons. The molecule has 6 aromatic rings. The summed E-state index contributed by atoms with van der Waals surface area (Å²) < 4.78 is 2.41. The number of pyridine rings is 1. The van der Waals surface area contributed by atoms with Crippen LogP contribution in [-0.2, 0) is 6.54 Å². The van der Waals surface area contributed by atoms with Crippen LogP contribution in [0.4, 0.5) is 0 Å². The van der Waals surface area contributed by atoms with Crippen molar-refractivity contribution in [3.63, 3.8) is 0 Å². The summed E-state index contributed by atoms with van der Waals surface area (Å²) in [6, 6.07) is 34.8. The molecule has 0 N–H and O–H groups in total. The average molecular weight is 413 g/mol. The summed E-state index contributed by atoms with van der Waals surface area (Å²) >= 11 is 0. The molecule has 6 rings (SSSR count). The molecule has 2 heteroatoms. The molecule has 2 nitrogen and oxygen atoms in total. The van der Waals surface area contributed by atoms with Crippen molar-refractivity contribution in [1.82, 2.24) is 9.55 Å². The lowest BCUT2D eigenvalue weighted by atomic mass is 9.95. The van der Waals surface area contributed by atoms with Gasteiger partial charge in [-0.25, -0.2) is 4.98 Å². The van der Waals surface area contributed by atoms with E-state index in [1.807, 2.05) is 0 Å². The highest BCUT2D eigenvalue weighted by atomic mass is 15.0. The molecule has 2 aromatic heterocycles. The zero-order valence-corrected chi connectivity index (χ0v) is 18.3. The van der Waals surface area contributed by atoms with Crippen LogP contribution < -0.4 is 0 Å². The molecule has 0 saturated carbocycles. The Kier molecular flexibility index (Phi) is 4.32. The van der Waals surface area contributed by atoms with Gasteiger partial charge in [0.25, 0.3) is 0 Å². The molecule has 154 valence electrons. The summed E-state index contributed by atoms with van der Waals surface area (Å²) in [5, 5.41) is 3.81. The van der Waals surface area contributed by atoms with Crippen LogP contribution in [0.3, 0.4) is 0 Å². The predicted molar refractivity (Wildman–Crippen MR) is 136 cm³/mol. The lowest BCUT2D eigenvalue weighted by Crippen LogP contribution is -1.94. The van der Waals surface area contributed by atoms with Crippen LogP contribution in [0.5, 0.6) is 0 Å². The van der Waals surface area contributed by atoms with Gasteiger partial charge in [-0.3, -0.25) is 0 Å². The summed E-state index contributed by atoms with van der Waals surface area (Å²) in [7, 11) is 0.